The highest BCUT2D eigenvalue weighted by atomic mass is 13.9. The Kier molecular flexibility index (Phi) is 8.04. The Morgan fingerprint density at radius 2 is 2.20 bits per heavy atom. The molecule has 0 spiro atoms. The zero-order valence-electron chi connectivity index (χ0n) is 6.90. The maximum Gasteiger partial charge on any atom is -0.0101 e. The smallest absolute Gasteiger partial charge is 0.0101 e. The van der Waals surface area contributed by atoms with Gasteiger partial charge in [-0.2, -0.15) is 0 Å². The molecule has 0 unspecified atom stereocenters. The molecule has 10 heavy (non-hydrogen) atoms. The Balaban J connectivity index is 2.94. The molecular formula is C10H17. The van der Waals surface area contributed by atoms with Gasteiger partial charge < -0.3 is 0 Å². The van der Waals surface area contributed by atoms with E-state index >= 15 is 0 Å². The van der Waals surface area contributed by atoms with Gasteiger partial charge in [0, 0.05) is 0 Å². The van der Waals surface area contributed by atoms with Crippen LogP contribution in [0.2, 0.25) is 0 Å². The summed E-state index contributed by atoms with van der Waals surface area (Å²) in [5.41, 5.74) is 0. The van der Waals surface area contributed by atoms with Crippen molar-refractivity contribution in [2.24, 2.45) is 0 Å². The van der Waals surface area contributed by atoms with E-state index in [2.05, 4.69) is 25.7 Å². The minimum atomic E-state index is 0.895. The third kappa shape index (κ3) is 7.48. The fraction of sp³-hybridized carbons (Fsp3) is 0.600. The van der Waals surface area contributed by atoms with Crippen molar-refractivity contribution in [1.82, 2.24) is 0 Å². The molecule has 0 heterocycles. The van der Waals surface area contributed by atoms with Crippen molar-refractivity contribution in [3.8, 4) is 0 Å². The van der Waals surface area contributed by atoms with Gasteiger partial charge in [-0.15, -0.1) is 6.58 Å². The van der Waals surface area contributed by atoms with Crippen molar-refractivity contribution in [2.45, 2.75) is 39.0 Å². The summed E-state index contributed by atoms with van der Waals surface area (Å²) in [6.45, 7) is 5.83. The molecule has 0 N–H and O–H groups in total. The van der Waals surface area contributed by atoms with Crippen LogP contribution in [0.25, 0.3) is 0 Å². The molecule has 0 fully saturated rings. The molecule has 0 bridgehead atoms. The Morgan fingerprint density at radius 3 is 2.80 bits per heavy atom. The molecule has 57 valence electrons. The van der Waals surface area contributed by atoms with Gasteiger partial charge in [-0.25, -0.2) is 0 Å². The average molecular weight is 137 g/mol. The SMILES string of the molecule is C=CC/[C]=C/CCCCC. The largest absolute Gasteiger partial charge is 0.103 e. The highest BCUT2D eigenvalue weighted by Crippen LogP contribution is 1.99. The molecule has 0 saturated heterocycles. The van der Waals surface area contributed by atoms with Crippen LogP contribution in [0.15, 0.2) is 18.7 Å². The quantitative estimate of drug-likeness (QED) is 0.388. The molecule has 0 aromatic carbocycles. The molecule has 0 atom stereocenters. The molecular weight excluding hydrogens is 120 g/mol. The highest BCUT2D eigenvalue weighted by molar-refractivity contribution is 4.80. The molecule has 0 aromatic heterocycles. The van der Waals surface area contributed by atoms with Crippen LogP contribution < -0.4 is 0 Å². The first kappa shape index (κ1) is 9.48. The lowest BCUT2D eigenvalue weighted by Gasteiger charge is -1.89. The van der Waals surface area contributed by atoms with Gasteiger partial charge >= 0.3 is 0 Å². The van der Waals surface area contributed by atoms with Crippen LogP contribution in [0.4, 0.5) is 0 Å². The molecule has 0 aliphatic heterocycles. The van der Waals surface area contributed by atoms with Crippen molar-refractivity contribution < 1.29 is 0 Å². The second-order valence-electron chi connectivity index (χ2n) is 2.40. The van der Waals surface area contributed by atoms with Crippen molar-refractivity contribution >= 4 is 0 Å². The van der Waals surface area contributed by atoms with E-state index in [1.807, 2.05) is 6.08 Å². The summed E-state index contributed by atoms with van der Waals surface area (Å²) in [6.07, 6.45) is 13.2. The molecule has 0 nitrogen and oxygen atoms in total. The molecule has 0 aliphatic carbocycles. The molecule has 0 amide bonds. The topological polar surface area (TPSA) is 0 Å². The number of hydrogen-bond acceptors (Lipinski definition) is 0. The first-order valence-corrected chi connectivity index (χ1v) is 4.07. The molecule has 1 radical (unpaired) electrons. The Hall–Kier alpha value is -0.520. The van der Waals surface area contributed by atoms with Gasteiger partial charge in [-0.1, -0.05) is 31.9 Å². The second-order valence-corrected chi connectivity index (χ2v) is 2.40. The molecule has 0 saturated carbocycles. The zero-order chi connectivity index (χ0) is 7.66. The summed E-state index contributed by atoms with van der Waals surface area (Å²) in [6, 6.07) is 0. The number of rotatable bonds is 6. The van der Waals surface area contributed by atoms with Crippen LogP contribution in [-0.2, 0) is 0 Å². The van der Waals surface area contributed by atoms with Gasteiger partial charge in [-0.3, -0.25) is 0 Å². The standard InChI is InChI=1S/C10H17/c1-3-5-7-9-10-8-6-4-2/h3,9H,1,4-6,8,10H2,2H3. The van der Waals surface area contributed by atoms with Crippen molar-refractivity contribution in [2.75, 3.05) is 0 Å². The maximum absolute atomic E-state index is 3.61. The van der Waals surface area contributed by atoms with Crippen LogP contribution in [-0.4, -0.2) is 0 Å². The minimum Gasteiger partial charge on any atom is -0.103 e. The van der Waals surface area contributed by atoms with Crippen LogP contribution in [0.1, 0.15) is 39.0 Å². The summed E-state index contributed by atoms with van der Waals surface area (Å²) in [5.74, 6) is 0. The first-order valence-electron chi connectivity index (χ1n) is 4.07. The Labute approximate surface area is 64.6 Å². The predicted octanol–water partition coefficient (Wildman–Crippen LogP) is 3.50. The monoisotopic (exact) mass is 137 g/mol. The van der Waals surface area contributed by atoms with Gasteiger partial charge in [0.2, 0.25) is 0 Å². The van der Waals surface area contributed by atoms with E-state index in [4.69, 9.17) is 0 Å². The normalized spacial score (nSPS) is 10.5. The van der Waals surface area contributed by atoms with E-state index in [-0.39, 0.29) is 0 Å². The lowest BCUT2D eigenvalue weighted by Crippen LogP contribution is -1.70. The Morgan fingerprint density at radius 1 is 1.40 bits per heavy atom. The molecule has 0 aromatic rings. The Bertz CT molecular complexity index is 90.2. The maximum atomic E-state index is 3.61. The molecule has 0 aliphatic rings. The van der Waals surface area contributed by atoms with Crippen molar-refractivity contribution in [3.63, 3.8) is 0 Å². The minimum absolute atomic E-state index is 0.895. The van der Waals surface area contributed by atoms with Gasteiger partial charge in [0.15, 0.2) is 0 Å². The van der Waals surface area contributed by atoms with Crippen LogP contribution in [0.5, 0.6) is 0 Å². The van der Waals surface area contributed by atoms with Crippen LogP contribution in [0.3, 0.4) is 0 Å². The first-order chi connectivity index (χ1) is 4.91. The summed E-state index contributed by atoms with van der Waals surface area (Å²) in [5, 5.41) is 0. The van der Waals surface area contributed by atoms with Gasteiger partial charge in [-0.05, 0) is 25.3 Å². The van der Waals surface area contributed by atoms with Gasteiger partial charge in [0.1, 0.15) is 0 Å². The fourth-order valence-corrected chi connectivity index (χ4v) is 0.765. The summed E-state index contributed by atoms with van der Waals surface area (Å²) in [7, 11) is 0. The van der Waals surface area contributed by atoms with Crippen LogP contribution in [0, 0.1) is 6.08 Å². The lowest BCUT2D eigenvalue weighted by molar-refractivity contribution is 0.728. The number of hydrogen-bond donors (Lipinski definition) is 0. The molecule has 0 rings (SSSR count). The summed E-state index contributed by atoms with van der Waals surface area (Å²) < 4.78 is 0. The zero-order valence-corrected chi connectivity index (χ0v) is 6.90. The third-order valence-corrected chi connectivity index (χ3v) is 1.36. The van der Waals surface area contributed by atoms with E-state index in [1.54, 1.807) is 0 Å². The van der Waals surface area contributed by atoms with Gasteiger partial charge in [0.25, 0.3) is 0 Å². The second kappa shape index (κ2) is 8.48. The predicted molar refractivity (Wildman–Crippen MR) is 46.8 cm³/mol. The van der Waals surface area contributed by atoms with E-state index in [1.165, 1.54) is 25.7 Å². The van der Waals surface area contributed by atoms with Gasteiger partial charge in [0.05, 0.1) is 0 Å². The highest BCUT2D eigenvalue weighted by Gasteiger charge is 1.80. The van der Waals surface area contributed by atoms with Crippen LogP contribution >= 0.6 is 0 Å². The summed E-state index contributed by atoms with van der Waals surface area (Å²) in [4.78, 5) is 0. The average Bonchev–Trinajstić information content (AvgIpc) is 1.97. The summed E-state index contributed by atoms with van der Waals surface area (Å²) >= 11 is 0. The molecule has 0 heteroatoms. The van der Waals surface area contributed by atoms with E-state index in [0.717, 1.165) is 6.42 Å². The van der Waals surface area contributed by atoms with E-state index in [9.17, 15) is 0 Å². The lowest BCUT2D eigenvalue weighted by atomic mass is 10.2. The van der Waals surface area contributed by atoms with Crippen molar-refractivity contribution in [3.05, 3.63) is 24.8 Å². The van der Waals surface area contributed by atoms with E-state index < -0.39 is 0 Å². The van der Waals surface area contributed by atoms with Crippen molar-refractivity contribution in [1.29, 1.82) is 0 Å². The number of unbranched alkanes of at least 4 members (excludes halogenated alkanes) is 3. The third-order valence-electron chi connectivity index (χ3n) is 1.36. The fourth-order valence-electron chi connectivity index (χ4n) is 0.765. The number of allylic oxidation sites excluding steroid dienone is 3. The van der Waals surface area contributed by atoms with E-state index in [0.29, 0.717) is 0 Å².